The molecular weight excluding hydrogens is 253 g/mol. The molecule has 4 rings (SSSR count). The molecule has 2 aliphatic rings. The Morgan fingerprint density at radius 2 is 2.10 bits per heavy atom. The highest BCUT2D eigenvalue weighted by atomic mass is 19.1. The van der Waals surface area contributed by atoms with Crippen LogP contribution in [-0.4, -0.2) is 31.2 Å². The van der Waals surface area contributed by atoms with E-state index in [-0.39, 0.29) is 5.82 Å². The molecule has 0 radical (unpaired) electrons. The van der Waals surface area contributed by atoms with E-state index in [9.17, 15) is 4.39 Å². The largest absolute Gasteiger partial charge is 0.370 e. The van der Waals surface area contributed by atoms with Crippen molar-refractivity contribution < 1.29 is 4.39 Å². The monoisotopic (exact) mass is 271 g/mol. The summed E-state index contributed by atoms with van der Waals surface area (Å²) in [5.41, 5.74) is 2.00. The minimum atomic E-state index is -0.190. The van der Waals surface area contributed by atoms with Crippen molar-refractivity contribution in [2.45, 2.75) is 6.42 Å². The van der Waals surface area contributed by atoms with Crippen LogP contribution in [0.2, 0.25) is 0 Å². The molecule has 1 aromatic heterocycles. The average molecular weight is 271 g/mol. The number of aromatic nitrogens is 1. The Labute approximate surface area is 117 Å². The van der Waals surface area contributed by atoms with Crippen molar-refractivity contribution >= 4 is 16.6 Å². The van der Waals surface area contributed by atoms with Gasteiger partial charge in [-0.25, -0.2) is 4.39 Å². The summed E-state index contributed by atoms with van der Waals surface area (Å²) in [5.74, 6) is 1.30. The van der Waals surface area contributed by atoms with E-state index in [1.165, 1.54) is 12.5 Å². The van der Waals surface area contributed by atoms with Gasteiger partial charge in [-0.15, -0.1) is 0 Å². The van der Waals surface area contributed by atoms with Crippen molar-refractivity contribution in [3.8, 4) is 0 Å². The molecule has 3 heterocycles. The summed E-state index contributed by atoms with van der Waals surface area (Å²) in [6.45, 7) is 4.38. The van der Waals surface area contributed by atoms with E-state index in [4.69, 9.17) is 0 Å². The van der Waals surface area contributed by atoms with E-state index in [2.05, 4.69) is 15.2 Å². The number of benzene rings is 1. The van der Waals surface area contributed by atoms with Crippen molar-refractivity contribution in [2.24, 2.45) is 11.8 Å². The Morgan fingerprint density at radius 3 is 3.00 bits per heavy atom. The first-order chi connectivity index (χ1) is 9.81. The van der Waals surface area contributed by atoms with Crippen LogP contribution in [0.1, 0.15) is 6.42 Å². The topological polar surface area (TPSA) is 28.2 Å². The van der Waals surface area contributed by atoms with Crippen LogP contribution in [0.3, 0.4) is 0 Å². The number of nitrogens with one attached hydrogen (secondary N) is 1. The van der Waals surface area contributed by atoms with Gasteiger partial charge < -0.3 is 10.2 Å². The van der Waals surface area contributed by atoms with E-state index < -0.39 is 0 Å². The van der Waals surface area contributed by atoms with Gasteiger partial charge in [0.05, 0.1) is 5.52 Å². The van der Waals surface area contributed by atoms with Gasteiger partial charge in [0.25, 0.3) is 0 Å². The van der Waals surface area contributed by atoms with Gasteiger partial charge in [-0.3, -0.25) is 4.98 Å². The number of hydrogen-bond donors (Lipinski definition) is 1. The second-order valence-corrected chi connectivity index (χ2v) is 5.91. The summed E-state index contributed by atoms with van der Waals surface area (Å²) >= 11 is 0. The van der Waals surface area contributed by atoms with Crippen LogP contribution < -0.4 is 10.2 Å². The Hall–Kier alpha value is -1.68. The minimum absolute atomic E-state index is 0.190. The van der Waals surface area contributed by atoms with Gasteiger partial charge in [0.2, 0.25) is 0 Å². The molecule has 0 saturated carbocycles. The van der Waals surface area contributed by atoms with Crippen LogP contribution in [0.4, 0.5) is 10.1 Å². The Balaban J connectivity index is 1.73. The summed E-state index contributed by atoms with van der Waals surface area (Å²) in [6.07, 6.45) is 3.08. The maximum absolute atomic E-state index is 13.5. The summed E-state index contributed by atoms with van der Waals surface area (Å²) in [5, 5.41) is 4.41. The van der Waals surface area contributed by atoms with Crippen molar-refractivity contribution in [3.05, 3.63) is 36.3 Å². The molecule has 0 bridgehead atoms. The first kappa shape index (κ1) is 12.1. The highest BCUT2D eigenvalue weighted by Crippen LogP contribution is 2.34. The van der Waals surface area contributed by atoms with Gasteiger partial charge in [-0.05, 0) is 55.6 Å². The molecule has 0 spiro atoms. The summed E-state index contributed by atoms with van der Waals surface area (Å²) < 4.78 is 13.5. The third kappa shape index (κ3) is 1.95. The number of pyridine rings is 1. The van der Waals surface area contributed by atoms with Gasteiger partial charge in [-0.1, -0.05) is 0 Å². The van der Waals surface area contributed by atoms with E-state index in [1.54, 1.807) is 12.1 Å². The zero-order chi connectivity index (χ0) is 13.5. The molecule has 2 aliphatic heterocycles. The van der Waals surface area contributed by atoms with E-state index in [0.29, 0.717) is 0 Å². The molecule has 20 heavy (non-hydrogen) atoms. The van der Waals surface area contributed by atoms with Gasteiger partial charge >= 0.3 is 0 Å². The molecule has 1 N–H and O–H groups in total. The lowest BCUT2D eigenvalue weighted by Gasteiger charge is -2.23. The van der Waals surface area contributed by atoms with Gasteiger partial charge in [0.15, 0.2) is 0 Å². The highest BCUT2D eigenvalue weighted by Gasteiger charge is 2.34. The smallest absolute Gasteiger partial charge is 0.124 e. The summed E-state index contributed by atoms with van der Waals surface area (Å²) in [7, 11) is 0. The van der Waals surface area contributed by atoms with E-state index in [1.807, 2.05) is 12.3 Å². The lowest BCUT2D eigenvalue weighted by molar-refractivity contribution is 0.318. The van der Waals surface area contributed by atoms with E-state index in [0.717, 1.165) is 54.6 Å². The molecular formula is C16H18FN3. The average Bonchev–Trinajstić information content (AvgIpc) is 2.90. The number of halogens is 1. The van der Waals surface area contributed by atoms with Crippen LogP contribution >= 0.6 is 0 Å². The van der Waals surface area contributed by atoms with E-state index >= 15 is 0 Å². The van der Waals surface area contributed by atoms with Gasteiger partial charge in [0.1, 0.15) is 5.82 Å². The highest BCUT2D eigenvalue weighted by molar-refractivity contribution is 5.91. The zero-order valence-electron chi connectivity index (χ0n) is 11.3. The fourth-order valence-corrected chi connectivity index (χ4v) is 3.65. The molecule has 4 heteroatoms. The summed E-state index contributed by atoms with van der Waals surface area (Å²) in [6, 6.07) is 6.87. The molecule has 2 aromatic rings. The molecule has 2 saturated heterocycles. The van der Waals surface area contributed by atoms with Crippen molar-refractivity contribution in [2.75, 3.05) is 31.1 Å². The Morgan fingerprint density at radius 1 is 1.20 bits per heavy atom. The van der Waals surface area contributed by atoms with Crippen LogP contribution in [0.15, 0.2) is 30.5 Å². The zero-order valence-corrected chi connectivity index (χ0v) is 11.3. The Kier molecular flexibility index (Phi) is 2.84. The third-order valence-electron chi connectivity index (χ3n) is 4.70. The molecule has 2 atom stereocenters. The molecule has 0 amide bonds. The van der Waals surface area contributed by atoms with Crippen molar-refractivity contribution in [1.29, 1.82) is 0 Å². The van der Waals surface area contributed by atoms with Crippen LogP contribution in [0.25, 0.3) is 10.9 Å². The van der Waals surface area contributed by atoms with Gasteiger partial charge in [-0.2, -0.15) is 0 Å². The fraction of sp³-hybridized carbons (Fsp3) is 0.438. The predicted octanol–water partition coefficient (Wildman–Crippen LogP) is 2.42. The quantitative estimate of drug-likeness (QED) is 0.863. The van der Waals surface area contributed by atoms with Crippen molar-refractivity contribution in [1.82, 2.24) is 10.3 Å². The number of hydrogen-bond acceptors (Lipinski definition) is 3. The first-order valence-corrected chi connectivity index (χ1v) is 7.31. The van der Waals surface area contributed by atoms with Gasteiger partial charge in [0, 0.05) is 30.4 Å². The molecule has 104 valence electrons. The SMILES string of the molecule is Fc1ccc2nccc(N3CC4CCNCC4C3)c2c1. The third-order valence-corrected chi connectivity index (χ3v) is 4.70. The second kappa shape index (κ2) is 4.70. The number of rotatable bonds is 1. The molecule has 3 nitrogen and oxygen atoms in total. The van der Waals surface area contributed by atoms with Crippen molar-refractivity contribution in [3.63, 3.8) is 0 Å². The molecule has 2 fully saturated rings. The second-order valence-electron chi connectivity index (χ2n) is 5.91. The van der Waals surface area contributed by atoms with Crippen LogP contribution in [0.5, 0.6) is 0 Å². The normalized spacial score (nSPS) is 25.9. The molecule has 1 aromatic carbocycles. The van der Waals surface area contributed by atoms with Crippen LogP contribution in [0, 0.1) is 17.7 Å². The maximum atomic E-state index is 13.5. The lowest BCUT2D eigenvalue weighted by Crippen LogP contribution is -2.35. The summed E-state index contributed by atoms with van der Waals surface area (Å²) in [4.78, 5) is 6.75. The lowest BCUT2D eigenvalue weighted by atomic mass is 9.90. The maximum Gasteiger partial charge on any atom is 0.124 e. The number of fused-ring (bicyclic) bond motifs is 2. The molecule has 2 unspecified atom stereocenters. The minimum Gasteiger partial charge on any atom is -0.370 e. The predicted molar refractivity (Wildman–Crippen MR) is 78.4 cm³/mol. The van der Waals surface area contributed by atoms with Crippen LogP contribution in [-0.2, 0) is 0 Å². The first-order valence-electron chi connectivity index (χ1n) is 7.31. The number of nitrogens with zero attached hydrogens (tertiary/aromatic N) is 2. The number of piperidine rings is 1. The Bertz CT molecular complexity index is 629. The number of anilines is 1. The standard InChI is InChI=1S/C16H18FN3/c17-13-1-2-15-14(7-13)16(4-6-19-15)20-9-11-3-5-18-8-12(11)10-20/h1-2,4,6-7,11-12,18H,3,5,8-10H2. The fourth-order valence-electron chi connectivity index (χ4n) is 3.65. The molecule has 0 aliphatic carbocycles.